The molecular formula is C15H20ClN3O3. The van der Waals surface area contributed by atoms with Crippen molar-refractivity contribution in [3.05, 3.63) is 33.9 Å². The van der Waals surface area contributed by atoms with Gasteiger partial charge < -0.3 is 10.6 Å². The summed E-state index contributed by atoms with van der Waals surface area (Å²) in [5, 5.41) is 11.0. The van der Waals surface area contributed by atoms with Crippen molar-refractivity contribution in [2.75, 3.05) is 11.4 Å². The van der Waals surface area contributed by atoms with Crippen LogP contribution in [-0.2, 0) is 11.2 Å². The minimum Gasteiger partial charge on any atom is -0.327 e. The lowest BCUT2D eigenvalue weighted by atomic mass is 9.99. The van der Waals surface area contributed by atoms with E-state index in [1.54, 1.807) is 17.0 Å². The SMILES string of the molecule is Cl.N[C@@H]1CCC[C@H]1CC(=O)N1CCc2c1cccc2[N+](=O)[O-]. The van der Waals surface area contributed by atoms with Crippen molar-refractivity contribution in [2.45, 2.75) is 38.1 Å². The van der Waals surface area contributed by atoms with Crippen LogP contribution >= 0.6 is 12.4 Å². The molecule has 1 aliphatic carbocycles. The van der Waals surface area contributed by atoms with Gasteiger partial charge in [-0.3, -0.25) is 14.9 Å². The molecule has 0 unspecified atom stereocenters. The minimum absolute atomic E-state index is 0. The van der Waals surface area contributed by atoms with Gasteiger partial charge in [0.25, 0.3) is 5.69 Å². The number of carbonyl (C=O) groups excluding carboxylic acids is 1. The zero-order valence-corrected chi connectivity index (χ0v) is 13.1. The summed E-state index contributed by atoms with van der Waals surface area (Å²) in [6.45, 7) is 0.529. The molecule has 6 nitrogen and oxygen atoms in total. The number of hydrogen-bond donors (Lipinski definition) is 1. The highest BCUT2D eigenvalue weighted by Gasteiger charge is 2.33. The van der Waals surface area contributed by atoms with Crippen LogP contribution in [0.2, 0.25) is 0 Å². The molecule has 0 radical (unpaired) electrons. The minimum atomic E-state index is -0.375. The number of nitrogens with zero attached hydrogens (tertiary/aromatic N) is 2. The third-order valence-electron chi connectivity index (χ3n) is 4.66. The highest BCUT2D eigenvalue weighted by Crippen LogP contribution is 2.36. The second-order valence-electron chi connectivity index (χ2n) is 5.89. The summed E-state index contributed by atoms with van der Waals surface area (Å²) in [5.41, 5.74) is 7.50. The predicted octanol–water partition coefficient (Wildman–Crippen LogP) is 2.42. The number of hydrogen-bond acceptors (Lipinski definition) is 4. The van der Waals surface area contributed by atoms with Crippen molar-refractivity contribution in [3.8, 4) is 0 Å². The number of benzene rings is 1. The van der Waals surface area contributed by atoms with E-state index in [-0.39, 0.29) is 40.9 Å². The van der Waals surface area contributed by atoms with Gasteiger partial charge in [0.1, 0.15) is 0 Å². The molecule has 1 aromatic rings. The van der Waals surface area contributed by atoms with Crippen molar-refractivity contribution >= 4 is 29.7 Å². The Bertz CT molecular complexity index is 593. The van der Waals surface area contributed by atoms with Gasteiger partial charge in [0.15, 0.2) is 0 Å². The first-order valence-corrected chi connectivity index (χ1v) is 7.40. The monoisotopic (exact) mass is 325 g/mol. The van der Waals surface area contributed by atoms with Crippen LogP contribution in [0.3, 0.4) is 0 Å². The third-order valence-corrected chi connectivity index (χ3v) is 4.66. The maximum Gasteiger partial charge on any atom is 0.274 e. The Hall–Kier alpha value is -1.66. The third kappa shape index (κ3) is 2.94. The molecule has 0 bridgehead atoms. The van der Waals surface area contributed by atoms with Crippen molar-refractivity contribution in [2.24, 2.45) is 11.7 Å². The van der Waals surface area contributed by atoms with Gasteiger partial charge in [-0.05, 0) is 31.2 Å². The molecule has 1 saturated carbocycles. The Morgan fingerprint density at radius 1 is 1.41 bits per heavy atom. The molecule has 0 aromatic heterocycles. The molecule has 1 aromatic carbocycles. The Morgan fingerprint density at radius 3 is 2.82 bits per heavy atom. The fraction of sp³-hybridized carbons (Fsp3) is 0.533. The molecule has 1 aliphatic heterocycles. The van der Waals surface area contributed by atoms with Gasteiger partial charge in [0.2, 0.25) is 5.91 Å². The molecule has 2 atom stereocenters. The lowest BCUT2D eigenvalue weighted by Crippen LogP contribution is -2.34. The van der Waals surface area contributed by atoms with Crippen LogP contribution in [0.5, 0.6) is 0 Å². The second-order valence-corrected chi connectivity index (χ2v) is 5.89. The molecule has 0 saturated heterocycles. The van der Waals surface area contributed by atoms with Crippen LogP contribution in [-0.4, -0.2) is 23.4 Å². The van der Waals surface area contributed by atoms with Crippen LogP contribution < -0.4 is 10.6 Å². The smallest absolute Gasteiger partial charge is 0.274 e. The van der Waals surface area contributed by atoms with E-state index in [0.717, 1.165) is 19.3 Å². The standard InChI is InChI=1S/C15H19N3O3.ClH/c16-12-4-1-3-10(12)9-15(19)17-8-7-11-13(17)5-2-6-14(11)18(20)21;/h2,5-6,10,12H,1,3-4,7-9,16H2;1H/t10-,12+;/m0./s1. The number of anilines is 1. The molecule has 0 spiro atoms. The molecule has 1 fully saturated rings. The first kappa shape index (κ1) is 16.7. The zero-order chi connectivity index (χ0) is 15.0. The number of carbonyl (C=O) groups is 1. The molecule has 1 amide bonds. The van der Waals surface area contributed by atoms with E-state index in [9.17, 15) is 14.9 Å². The van der Waals surface area contributed by atoms with E-state index in [2.05, 4.69) is 0 Å². The van der Waals surface area contributed by atoms with Crippen molar-refractivity contribution < 1.29 is 9.72 Å². The van der Waals surface area contributed by atoms with Crippen molar-refractivity contribution in [1.29, 1.82) is 0 Å². The van der Waals surface area contributed by atoms with Gasteiger partial charge in [-0.2, -0.15) is 0 Å². The maximum absolute atomic E-state index is 12.5. The highest BCUT2D eigenvalue weighted by atomic mass is 35.5. The lowest BCUT2D eigenvalue weighted by Gasteiger charge is -2.21. The summed E-state index contributed by atoms with van der Waals surface area (Å²) in [7, 11) is 0. The fourth-order valence-electron chi connectivity index (χ4n) is 3.50. The predicted molar refractivity (Wildman–Crippen MR) is 86.3 cm³/mol. The molecular weight excluding hydrogens is 306 g/mol. The van der Waals surface area contributed by atoms with E-state index in [4.69, 9.17) is 5.73 Å². The quantitative estimate of drug-likeness (QED) is 0.682. The van der Waals surface area contributed by atoms with E-state index >= 15 is 0 Å². The number of nitro benzene ring substituents is 1. The molecule has 1 heterocycles. The van der Waals surface area contributed by atoms with Gasteiger partial charge in [-0.25, -0.2) is 0 Å². The Morgan fingerprint density at radius 2 is 2.18 bits per heavy atom. The van der Waals surface area contributed by atoms with Gasteiger partial charge in [0, 0.05) is 25.1 Å². The summed E-state index contributed by atoms with van der Waals surface area (Å²) in [4.78, 5) is 24.8. The number of nitrogens with two attached hydrogens (primary N) is 1. The van der Waals surface area contributed by atoms with Gasteiger partial charge in [-0.15, -0.1) is 12.4 Å². The molecule has 2 aliphatic rings. The van der Waals surface area contributed by atoms with Crippen LogP contribution in [0.15, 0.2) is 18.2 Å². The van der Waals surface area contributed by atoms with Gasteiger partial charge in [0.05, 0.1) is 16.2 Å². The summed E-state index contributed by atoms with van der Waals surface area (Å²) in [5.74, 6) is 0.289. The fourth-order valence-corrected chi connectivity index (χ4v) is 3.50. The molecule has 3 rings (SSSR count). The maximum atomic E-state index is 12.5. The second kappa shape index (κ2) is 6.62. The number of halogens is 1. The average molecular weight is 326 g/mol. The van der Waals surface area contributed by atoms with Gasteiger partial charge >= 0.3 is 0 Å². The number of fused-ring (bicyclic) bond motifs is 1. The molecule has 120 valence electrons. The van der Waals surface area contributed by atoms with Gasteiger partial charge in [-0.1, -0.05) is 12.5 Å². The summed E-state index contributed by atoms with van der Waals surface area (Å²) >= 11 is 0. The molecule has 7 heteroatoms. The average Bonchev–Trinajstić information content (AvgIpc) is 3.05. The van der Waals surface area contributed by atoms with E-state index < -0.39 is 0 Å². The Balaban J connectivity index is 0.00000176. The van der Waals surface area contributed by atoms with E-state index in [1.807, 2.05) is 0 Å². The Kier molecular flexibility index (Phi) is 5.03. The summed E-state index contributed by atoms with van der Waals surface area (Å²) < 4.78 is 0. The topological polar surface area (TPSA) is 89.5 Å². The molecule has 22 heavy (non-hydrogen) atoms. The molecule has 2 N–H and O–H groups in total. The lowest BCUT2D eigenvalue weighted by molar-refractivity contribution is -0.385. The summed E-state index contributed by atoms with van der Waals surface area (Å²) in [6, 6.07) is 5.05. The van der Waals surface area contributed by atoms with Crippen LogP contribution in [0.25, 0.3) is 0 Å². The zero-order valence-electron chi connectivity index (χ0n) is 12.2. The highest BCUT2D eigenvalue weighted by molar-refractivity contribution is 5.96. The normalized spacial score (nSPS) is 23.0. The number of rotatable bonds is 3. The van der Waals surface area contributed by atoms with Crippen molar-refractivity contribution in [1.82, 2.24) is 0 Å². The van der Waals surface area contributed by atoms with E-state index in [1.165, 1.54) is 6.07 Å². The van der Waals surface area contributed by atoms with Crippen molar-refractivity contribution in [3.63, 3.8) is 0 Å². The first-order valence-electron chi connectivity index (χ1n) is 7.40. The largest absolute Gasteiger partial charge is 0.327 e. The van der Waals surface area contributed by atoms with E-state index in [0.29, 0.717) is 30.6 Å². The number of nitro groups is 1. The van der Waals surface area contributed by atoms with Crippen LogP contribution in [0.4, 0.5) is 11.4 Å². The van der Waals surface area contributed by atoms with Crippen LogP contribution in [0, 0.1) is 16.0 Å². The summed E-state index contributed by atoms with van der Waals surface area (Å²) in [6.07, 6.45) is 4.07. The number of amides is 1. The van der Waals surface area contributed by atoms with Crippen LogP contribution in [0.1, 0.15) is 31.2 Å². The Labute approximate surface area is 135 Å². The first-order chi connectivity index (χ1) is 10.1.